The predicted molar refractivity (Wildman–Crippen MR) is 193 cm³/mol. The van der Waals surface area contributed by atoms with Gasteiger partial charge in [0.05, 0.1) is 6.04 Å². The summed E-state index contributed by atoms with van der Waals surface area (Å²) in [5.41, 5.74) is 14.0. The van der Waals surface area contributed by atoms with Crippen molar-refractivity contribution in [3.05, 3.63) is 102 Å². The van der Waals surface area contributed by atoms with Crippen molar-refractivity contribution in [2.45, 2.75) is 81.6 Å². The van der Waals surface area contributed by atoms with Gasteiger partial charge in [0, 0.05) is 25.8 Å². The molecule has 0 bridgehead atoms. The van der Waals surface area contributed by atoms with Crippen LogP contribution in [0.4, 0.5) is 0 Å². The molecule has 0 unspecified atom stereocenters. The van der Waals surface area contributed by atoms with Crippen molar-refractivity contribution in [2.75, 3.05) is 6.54 Å². The van der Waals surface area contributed by atoms with Gasteiger partial charge in [0.15, 0.2) is 0 Å². The van der Waals surface area contributed by atoms with Crippen LogP contribution in [-0.4, -0.2) is 77.3 Å². The van der Waals surface area contributed by atoms with Crippen molar-refractivity contribution < 1.29 is 33.9 Å². The highest BCUT2D eigenvalue weighted by Gasteiger charge is 2.32. The molecule has 6 amide bonds. The van der Waals surface area contributed by atoms with Gasteiger partial charge in [-0.3, -0.25) is 28.8 Å². The first-order chi connectivity index (χ1) is 25.0. The Morgan fingerprint density at radius 1 is 0.731 bits per heavy atom. The maximum Gasteiger partial charge on any atom is 0.243 e. The first-order valence-corrected chi connectivity index (χ1v) is 17.4. The number of hydrogen-bond donors (Lipinski definition) is 8. The summed E-state index contributed by atoms with van der Waals surface area (Å²) in [6.07, 6.45) is 1.14. The first kappa shape index (κ1) is 39.0. The fraction of sp³-hybridized carbons (Fsp3) is 0.368. The van der Waals surface area contributed by atoms with Gasteiger partial charge in [-0.05, 0) is 60.9 Å². The lowest BCUT2D eigenvalue weighted by atomic mass is 10.0. The van der Waals surface area contributed by atoms with Crippen LogP contribution in [0.25, 0.3) is 0 Å². The van der Waals surface area contributed by atoms with Crippen LogP contribution in [0.3, 0.4) is 0 Å². The Kier molecular flexibility index (Phi) is 14.7. The van der Waals surface area contributed by atoms with Crippen molar-refractivity contribution in [3.8, 4) is 5.75 Å². The minimum Gasteiger partial charge on any atom is -0.508 e. The summed E-state index contributed by atoms with van der Waals surface area (Å²) >= 11 is 0. The van der Waals surface area contributed by atoms with Crippen LogP contribution in [0.2, 0.25) is 0 Å². The van der Waals surface area contributed by atoms with E-state index in [0.29, 0.717) is 24.0 Å². The first-order valence-electron chi connectivity index (χ1n) is 17.4. The lowest BCUT2D eigenvalue weighted by molar-refractivity contribution is -0.134. The molecule has 0 aromatic heterocycles. The Labute approximate surface area is 302 Å². The summed E-state index contributed by atoms with van der Waals surface area (Å²) in [4.78, 5) is 80.0. The third-order valence-electron chi connectivity index (χ3n) is 8.75. The Balaban J connectivity index is 1.62. The van der Waals surface area contributed by atoms with Gasteiger partial charge in [-0.15, -0.1) is 0 Å². The molecular weight excluding hydrogens is 666 g/mol. The molecule has 1 aliphatic rings. The average molecular weight is 714 g/mol. The fourth-order valence-electron chi connectivity index (χ4n) is 5.81. The molecule has 1 heterocycles. The highest BCUT2D eigenvalue weighted by molar-refractivity contribution is 5.96. The van der Waals surface area contributed by atoms with E-state index < -0.39 is 59.7 Å². The second-order valence-electron chi connectivity index (χ2n) is 12.9. The second-order valence-corrected chi connectivity index (χ2v) is 12.9. The molecule has 0 radical (unpaired) electrons. The van der Waals surface area contributed by atoms with E-state index in [1.54, 1.807) is 66.7 Å². The second kappa shape index (κ2) is 19.6. The van der Waals surface area contributed by atoms with Crippen molar-refractivity contribution in [2.24, 2.45) is 11.5 Å². The molecule has 1 saturated heterocycles. The number of amides is 6. The number of carbonyl (C=O) groups excluding carboxylic acids is 6. The highest BCUT2D eigenvalue weighted by atomic mass is 16.3. The standard InChI is InChI=1S/C38H47N7O7/c39-28(21-26-14-16-27(46)17-15-26)35(49)43-30-18-19-33(47)41-20-8-7-13-29(34(40)48)42-37(51)31(22-24-9-3-1-4-10-24)45-38(52)32(44-36(30)50)23-25-11-5-2-6-12-25/h1-6,9-12,14-17,28-32,46H,7-8,13,18-23,39H2,(H2,40,48)(H,41,47)(H,42,51)(H,43,49)(H,44,50)(H,45,52)/t28-,29-,30+,31-,32-/m0/s1. The maximum atomic E-state index is 14.0. The Bertz CT molecular complexity index is 1670. The van der Waals surface area contributed by atoms with Gasteiger partial charge in [-0.25, -0.2) is 0 Å². The van der Waals surface area contributed by atoms with E-state index >= 15 is 0 Å². The number of primary amides is 1. The van der Waals surface area contributed by atoms with E-state index in [1.807, 2.05) is 6.07 Å². The van der Waals surface area contributed by atoms with Crippen LogP contribution < -0.4 is 38.1 Å². The van der Waals surface area contributed by atoms with E-state index in [1.165, 1.54) is 12.1 Å². The lowest BCUT2D eigenvalue weighted by Gasteiger charge is -2.27. The summed E-state index contributed by atoms with van der Waals surface area (Å²) in [7, 11) is 0. The molecule has 1 fully saturated rings. The van der Waals surface area contributed by atoms with Gasteiger partial charge in [0.2, 0.25) is 35.4 Å². The fourth-order valence-corrected chi connectivity index (χ4v) is 5.81. The molecule has 52 heavy (non-hydrogen) atoms. The predicted octanol–water partition coefficient (Wildman–Crippen LogP) is 0.252. The number of aromatic hydroxyl groups is 1. The summed E-state index contributed by atoms with van der Waals surface area (Å²) in [6, 6.07) is 18.5. The topological polar surface area (TPSA) is 235 Å². The van der Waals surface area contributed by atoms with Crippen molar-refractivity contribution >= 4 is 35.4 Å². The summed E-state index contributed by atoms with van der Waals surface area (Å²) in [5.74, 6) is -3.74. The minimum atomic E-state index is -1.24. The zero-order valence-electron chi connectivity index (χ0n) is 28.9. The molecule has 10 N–H and O–H groups in total. The lowest BCUT2D eigenvalue weighted by Crippen LogP contribution is -2.59. The zero-order valence-corrected chi connectivity index (χ0v) is 28.9. The van der Waals surface area contributed by atoms with Crippen LogP contribution in [0.5, 0.6) is 5.75 Å². The molecule has 3 aromatic rings. The Morgan fingerprint density at radius 3 is 1.87 bits per heavy atom. The number of nitrogens with two attached hydrogens (primary N) is 2. The van der Waals surface area contributed by atoms with Gasteiger partial charge in [0.25, 0.3) is 0 Å². The van der Waals surface area contributed by atoms with E-state index in [-0.39, 0.29) is 56.7 Å². The third-order valence-corrected chi connectivity index (χ3v) is 8.75. The van der Waals surface area contributed by atoms with Gasteiger partial charge < -0.3 is 43.2 Å². The summed E-state index contributed by atoms with van der Waals surface area (Å²) in [5, 5.41) is 23.2. The Morgan fingerprint density at radius 2 is 1.29 bits per heavy atom. The molecule has 5 atom stereocenters. The molecule has 14 heteroatoms. The van der Waals surface area contributed by atoms with Gasteiger partial charge in [0.1, 0.15) is 29.9 Å². The number of phenolic OH excluding ortho intramolecular Hbond substituents is 1. The smallest absolute Gasteiger partial charge is 0.243 e. The van der Waals surface area contributed by atoms with Gasteiger partial charge in [-0.1, -0.05) is 72.8 Å². The quantitative estimate of drug-likeness (QED) is 0.153. The monoisotopic (exact) mass is 713 g/mol. The molecule has 14 nitrogen and oxygen atoms in total. The third kappa shape index (κ3) is 12.5. The number of nitrogens with one attached hydrogen (secondary N) is 5. The molecule has 276 valence electrons. The number of carbonyl (C=O) groups is 6. The molecule has 1 aliphatic heterocycles. The minimum absolute atomic E-state index is 0.0313. The SMILES string of the molecule is NC(=O)[C@@H]1CCCCNC(=O)CC[C@@H](NC(=O)[C@@H](N)Cc2ccc(O)cc2)C(=O)N[C@@H](Cc2ccccc2)C(=O)N[C@@H](Cc2ccccc2)C(=O)N1. The molecular formula is C38H47N7O7. The van der Waals surface area contributed by atoms with E-state index in [2.05, 4.69) is 26.6 Å². The maximum absolute atomic E-state index is 14.0. The number of benzene rings is 3. The molecule has 4 rings (SSSR count). The molecule has 0 aliphatic carbocycles. The van der Waals surface area contributed by atoms with Crippen LogP contribution in [0.1, 0.15) is 48.8 Å². The normalized spacial score (nSPS) is 21.6. The van der Waals surface area contributed by atoms with Gasteiger partial charge >= 0.3 is 0 Å². The summed E-state index contributed by atoms with van der Waals surface area (Å²) < 4.78 is 0. The summed E-state index contributed by atoms with van der Waals surface area (Å²) in [6.45, 7) is 0.269. The Hall–Kier alpha value is -5.76. The van der Waals surface area contributed by atoms with E-state index in [9.17, 15) is 33.9 Å². The van der Waals surface area contributed by atoms with Crippen LogP contribution in [0.15, 0.2) is 84.9 Å². The highest BCUT2D eigenvalue weighted by Crippen LogP contribution is 2.13. The molecule has 3 aromatic carbocycles. The largest absolute Gasteiger partial charge is 0.508 e. The number of phenols is 1. The molecule has 0 spiro atoms. The van der Waals surface area contributed by atoms with Crippen molar-refractivity contribution in [3.63, 3.8) is 0 Å². The van der Waals surface area contributed by atoms with E-state index in [4.69, 9.17) is 11.5 Å². The van der Waals surface area contributed by atoms with Crippen LogP contribution >= 0.6 is 0 Å². The average Bonchev–Trinajstić information content (AvgIpc) is 3.13. The van der Waals surface area contributed by atoms with Gasteiger partial charge in [-0.2, -0.15) is 0 Å². The van der Waals surface area contributed by atoms with Crippen molar-refractivity contribution in [1.29, 1.82) is 0 Å². The number of rotatable bonds is 9. The van der Waals surface area contributed by atoms with Crippen molar-refractivity contribution in [1.82, 2.24) is 26.6 Å². The molecule has 0 saturated carbocycles. The van der Waals surface area contributed by atoms with Crippen LogP contribution in [0, 0.1) is 0 Å². The zero-order chi connectivity index (χ0) is 37.5. The van der Waals surface area contributed by atoms with Crippen LogP contribution in [-0.2, 0) is 48.0 Å². The number of hydrogen-bond acceptors (Lipinski definition) is 8. The van der Waals surface area contributed by atoms with E-state index in [0.717, 1.165) is 5.56 Å².